The predicted octanol–water partition coefficient (Wildman–Crippen LogP) is 2.93. The van der Waals surface area contributed by atoms with Crippen molar-refractivity contribution in [3.8, 4) is 0 Å². The van der Waals surface area contributed by atoms with Crippen LogP contribution in [0.2, 0.25) is 5.02 Å². The zero-order valence-corrected chi connectivity index (χ0v) is 14.8. The van der Waals surface area contributed by atoms with Crippen molar-refractivity contribution in [2.75, 3.05) is 18.0 Å². The molecule has 0 radical (unpaired) electrons. The highest BCUT2D eigenvalue weighted by Gasteiger charge is 2.32. The van der Waals surface area contributed by atoms with Gasteiger partial charge < -0.3 is 20.3 Å². The zero-order chi connectivity index (χ0) is 17.9. The van der Waals surface area contributed by atoms with Crippen molar-refractivity contribution in [2.45, 2.75) is 32.5 Å². The van der Waals surface area contributed by atoms with Gasteiger partial charge in [0.1, 0.15) is 11.8 Å². The van der Waals surface area contributed by atoms with Crippen LogP contribution in [0.3, 0.4) is 0 Å². The first-order chi connectivity index (χ1) is 11.2. The summed E-state index contributed by atoms with van der Waals surface area (Å²) in [5.41, 5.74) is 0.553. The average Bonchev–Trinajstić information content (AvgIpc) is 2.46. The maximum atomic E-state index is 12.3. The number of ether oxygens (including phenoxy) is 1. The summed E-state index contributed by atoms with van der Waals surface area (Å²) in [5.74, 6) is -0.271. The fourth-order valence-corrected chi connectivity index (χ4v) is 2.72. The van der Waals surface area contributed by atoms with Crippen molar-refractivity contribution in [1.82, 2.24) is 10.6 Å². The van der Waals surface area contributed by atoms with Gasteiger partial charge in [-0.3, -0.25) is 4.79 Å². The number of nitrogens with one attached hydrogen (secondary N) is 2. The van der Waals surface area contributed by atoms with Crippen LogP contribution in [0.5, 0.6) is 0 Å². The molecule has 0 saturated carbocycles. The molecule has 0 bridgehead atoms. The minimum Gasteiger partial charge on any atom is -0.444 e. The van der Waals surface area contributed by atoms with Crippen LogP contribution in [0, 0.1) is 0 Å². The largest absolute Gasteiger partial charge is 0.444 e. The van der Waals surface area contributed by atoms with Crippen LogP contribution < -0.4 is 15.5 Å². The SMILES string of the molecule is C=CCN1c2cccc(Cl)c2C(=O)NC1CNC(=O)OC(C)(C)C. The maximum absolute atomic E-state index is 12.3. The molecule has 0 spiro atoms. The first-order valence-corrected chi connectivity index (χ1v) is 8.04. The molecule has 1 heterocycles. The first-order valence-electron chi connectivity index (χ1n) is 7.66. The van der Waals surface area contributed by atoms with Crippen LogP contribution in [0.4, 0.5) is 10.5 Å². The molecule has 0 fully saturated rings. The van der Waals surface area contributed by atoms with E-state index < -0.39 is 17.9 Å². The molecule has 6 nitrogen and oxygen atoms in total. The summed E-state index contributed by atoms with van der Waals surface area (Å²) in [4.78, 5) is 26.1. The molecule has 2 N–H and O–H groups in total. The summed E-state index contributed by atoms with van der Waals surface area (Å²) in [6, 6.07) is 5.28. The Morgan fingerprint density at radius 1 is 1.50 bits per heavy atom. The topological polar surface area (TPSA) is 70.7 Å². The molecular formula is C17H22ClN3O3. The molecule has 130 valence electrons. The summed E-state index contributed by atoms with van der Waals surface area (Å²) < 4.78 is 5.22. The molecule has 7 heteroatoms. The second kappa shape index (κ2) is 7.13. The van der Waals surface area contributed by atoms with Gasteiger partial charge in [-0.25, -0.2) is 4.79 Å². The monoisotopic (exact) mass is 351 g/mol. The number of alkyl carbamates (subject to hydrolysis) is 1. The Balaban J connectivity index is 2.17. The smallest absolute Gasteiger partial charge is 0.407 e. The second-order valence-corrected chi connectivity index (χ2v) is 6.85. The second-order valence-electron chi connectivity index (χ2n) is 6.45. The molecule has 0 aromatic heterocycles. The summed E-state index contributed by atoms with van der Waals surface area (Å²) >= 11 is 6.15. The van der Waals surface area contributed by atoms with Gasteiger partial charge in [0.25, 0.3) is 5.91 Å². The van der Waals surface area contributed by atoms with E-state index in [2.05, 4.69) is 17.2 Å². The van der Waals surface area contributed by atoms with E-state index in [9.17, 15) is 9.59 Å². The fourth-order valence-electron chi connectivity index (χ4n) is 2.47. The molecule has 0 saturated heterocycles. The number of benzene rings is 1. The Labute approximate surface area is 146 Å². The van der Waals surface area contributed by atoms with Crippen LogP contribution in [-0.2, 0) is 4.74 Å². The Morgan fingerprint density at radius 2 is 2.21 bits per heavy atom. The van der Waals surface area contributed by atoms with E-state index in [1.54, 1.807) is 39.0 Å². The lowest BCUT2D eigenvalue weighted by molar-refractivity contribution is 0.0519. The number of rotatable bonds is 4. The van der Waals surface area contributed by atoms with E-state index in [1.165, 1.54) is 0 Å². The van der Waals surface area contributed by atoms with E-state index in [4.69, 9.17) is 16.3 Å². The number of hydrogen-bond donors (Lipinski definition) is 2. The number of carbonyl (C=O) groups excluding carboxylic acids is 2. The molecule has 1 unspecified atom stereocenters. The summed E-state index contributed by atoms with van der Waals surface area (Å²) in [6.07, 6.45) is 0.768. The standard InChI is InChI=1S/C17H22ClN3O3/c1-5-9-21-12-8-6-7-11(18)14(12)15(22)20-13(21)10-19-16(23)24-17(2,3)4/h5-8,13H,1,9-10H2,2-4H3,(H,19,23)(H,20,22). The van der Waals surface area contributed by atoms with Crippen molar-refractivity contribution in [3.05, 3.63) is 41.4 Å². The Morgan fingerprint density at radius 3 is 2.83 bits per heavy atom. The van der Waals surface area contributed by atoms with Gasteiger partial charge in [0.05, 0.1) is 22.8 Å². The molecule has 0 aliphatic carbocycles. The molecule has 1 aromatic carbocycles. The summed E-state index contributed by atoms with van der Waals surface area (Å²) in [7, 11) is 0. The lowest BCUT2D eigenvalue weighted by Crippen LogP contribution is -2.58. The van der Waals surface area contributed by atoms with Crippen molar-refractivity contribution in [2.24, 2.45) is 0 Å². The molecule has 1 atom stereocenters. The van der Waals surface area contributed by atoms with Crippen LogP contribution in [0.1, 0.15) is 31.1 Å². The molecule has 2 amide bonds. The van der Waals surface area contributed by atoms with E-state index in [0.717, 1.165) is 0 Å². The number of fused-ring (bicyclic) bond motifs is 1. The number of halogens is 1. The predicted molar refractivity (Wildman–Crippen MR) is 94.5 cm³/mol. The number of hydrogen-bond acceptors (Lipinski definition) is 4. The lowest BCUT2D eigenvalue weighted by Gasteiger charge is -2.38. The first kappa shape index (κ1) is 18.1. The Kier molecular flexibility index (Phi) is 5.39. The normalized spacial score (nSPS) is 16.9. The molecule has 2 rings (SSSR count). The van der Waals surface area contributed by atoms with Gasteiger partial charge >= 0.3 is 6.09 Å². The third-order valence-electron chi connectivity index (χ3n) is 3.37. The van der Waals surface area contributed by atoms with Gasteiger partial charge in [-0.1, -0.05) is 23.7 Å². The van der Waals surface area contributed by atoms with Gasteiger partial charge in [0.15, 0.2) is 0 Å². The number of amides is 2. The number of nitrogens with zero attached hydrogens (tertiary/aromatic N) is 1. The minimum absolute atomic E-state index is 0.195. The van der Waals surface area contributed by atoms with Gasteiger partial charge in [-0.15, -0.1) is 6.58 Å². The van der Waals surface area contributed by atoms with Crippen molar-refractivity contribution in [1.29, 1.82) is 0 Å². The van der Waals surface area contributed by atoms with Gasteiger partial charge in [0, 0.05) is 6.54 Å². The van der Waals surface area contributed by atoms with Crippen molar-refractivity contribution in [3.63, 3.8) is 0 Å². The quantitative estimate of drug-likeness (QED) is 0.818. The van der Waals surface area contributed by atoms with Gasteiger partial charge in [-0.05, 0) is 32.9 Å². The highest BCUT2D eigenvalue weighted by atomic mass is 35.5. The summed E-state index contributed by atoms with van der Waals surface area (Å²) in [5, 5.41) is 5.92. The molecule has 1 aliphatic rings. The van der Waals surface area contributed by atoms with Crippen LogP contribution in [0.25, 0.3) is 0 Å². The lowest BCUT2D eigenvalue weighted by atomic mass is 10.1. The highest BCUT2D eigenvalue weighted by Crippen LogP contribution is 2.31. The fraction of sp³-hybridized carbons (Fsp3) is 0.412. The summed E-state index contributed by atoms with van der Waals surface area (Å²) in [6.45, 7) is 9.80. The Bertz CT molecular complexity index is 655. The maximum Gasteiger partial charge on any atom is 0.407 e. The number of carbonyl (C=O) groups is 2. The number of anilines is 1. The Hall–Kier alpha value is -2.21. The average molecular weight is 352 g/mol. The molecule has 1 aliphatic heterocycles. The third kappa shape index (κ3) is 4.20. The van der Waals surface area contributed by atoms with E-state index in [-0.39, 0.29) is 12.5 Å². The zero-order valence-electron chi connectivity index (χ0n) is 14.1. The van der Waals surface area contributed by atoms with E-state index in [1.807, 2.05) is 11.0 Å². The van der Waals surface area contributed by atoms with Crippen LogP contribution >= 0.6 is 11.6 Å². The molecule has 24 heavy (non-hydrogen) atoms. The third-order valence-corrected chi connectivity index (χ3v) is 3.68. The van der Waals surface area contributed by atoms with E-state index in [0.29, 0.717) is 22.8 Å². The molecular weight excluding hydrogens is 330 g/mol. The minimum atomic E-state index is -0.583. The van der Waals surface area contributed by atoms with Crippen molar-refractivity contribution >= 4 is 29.3 Å². The van der Waals surface area contributed by atoms with Crippen molar-refractivity contribution < 1.29 is 14.3 Å². The van der Waals surface area contributed by atoms with Gasteiger partial charge in [0.2, 0.25) is 0 Å². The van der Waals surface area contributed by atoms with Gasteiger partial charge in [-0.2, -0.15) is 0 Å². The van der Waals surface area contributed by atoms with E-state index >= 15 is 0 Å². The molecule has 1 aromatic rings. The van der Waals surface area contributed by atoms with Crippen LogP contribution in [0.15, 0.2) is 30.9 Å². The highest BCUT2D eigenvalue weighted by molar-refractivity contribution is 6.34. The van der Waals surface area contributed by atoms with Crippen LogP contribution in [-0.4, -0.2) is 36.9 Å².